The van der Waals surface area contributed by atoms with E-state index in [0.717, 1.165) is 0 Å². The van der Waals surface area contributed by atoms with Crippen molar-refractivity contribution in [3.05, 3.63) is 0 Å². The van der Waals surface area contributed by atoms with Crippen molar-refractivity contribution in [2.45, 2.75) is 6.42 Å². The van der Waals surface area contributed by atoms with Gasteiger partial charge in [0.05, 0.1) is 6.42 Å². The van der Waals surface area contributed by atoms with Gasteiger partial charge in [0.25, 0.3) is 0 Å². The second kappa shape index (κ2) is 14.0. The zero-order valence-corrected chi connectivity index (χ0v) is 19.3. The monoisotopic (exact) mass is 522 g/mol. The first kappa shape index (κ1) is 33.6. The second-order valence-corrected chi connectivity index (χ2v) is 7.21. The number of hydrogen-bond donors (Lipinski definition) is 16. The lowest BCUT2D eigenvalue weighted by Gasteiger charge is -2.16. The molecule has 0 aliphatic heterocycles. The highest BCUT2D eigenvalue weighted by Crippen LogP contribution is 2.08. The molecule has 0 amide bonds. The summed E-state index contributed by atoms with van der Waals surface area (Å²) >= 11 is 0. The maximum absolute atomic E-state index is 11.7. The molecule has 0 heterocycles. The predicted molar refractivity (Wildman–Crippen MR) is 134 cm³/mol. The van der Waals surface area contributed by atoms with Crippen molar-refractivity contribution in [2.24, 2.45) is 69.5 Å². The van der Waals surface area contributed by atoms with Gasteiger partial charge in [-0.25, -0.2) is 0 Å². The van der Waals surface area contributed by atoms with E-state index >= 15 is 0 Å². The van der Waals surface area contributed by atoms with Gasteiger partial charge < -0.3 is 45.9 Å². The molecule has 37 heavy (non-hydrogen) atoms. The number of Topliss-reactive ketones (excluding diaryl/α,β-unsaturated/α-hetero) is 4. The highest BCUT2D eigenvalue weighted by Gasteiger charge is 2.37. The van der Waals surface area contributed by atoms with Gasteiger partial charge in [-0.05, 0) is 0 Å². The summed E-state index contributed by atoms with van der Waals surface area (Å²) in [5.41, 5.74) is 40.6. The number of carbonyl (C=O) groups excluding carboxylic acids is 4. The van der Waals surface area contributed by atoms with Crippen LogP contribution in [-0.2, 0) is 19.2 Å². The highest BCUT2D eigenvalue weighted by atomic mass is 16.2. The zero-order valence-electron chi connectivity index (χ0n) is 19.3. The van der Waals surface area contributed by atoms with Crippen molar-refractivity contribution in [2.75, 3.05) is 0 Å². The maximum Gasteiger partial charge on any atom is 0.217 e. The van der Waals surface area contributed by atoms with E-state index in [1.807, 2.05) is 0 Å². The van der Waals surface area contributed by atoms with Crippen LogP contribution in [0, 0.1) is 66.9 Å². The Hall–Kier alpha value is -5.56. The summed E-state index contributed by atoms with van der Waals surface area (Å²) in [5.74, 6) is -16.6. The van der Waals surface area contributed by atoms with Crippen LogP contribution in [0.25, 0.3) is 0 Å². The minimum absolute atomic E-state index is 0.660. The summed E-state index contributed by atoms with van der Waals surface area (Å²) < 4.78 is 0. The summed E-state index contributed by atoms with van der Waals surface area (Å²) in [4.78, 5) is 46.8. The van der Waals surface area contributed by atoms with Crippen molar-refractivity contribution in [3.8, 4) is 0 Å². The molecule has 0 aliphatic carbocycles. The summed E-state index contributed by atoms with van der Waals surface area (Å²) in [7, 11) is 0. The third-order valence-corrected chi connectivity index (χ3v) is 4.25. The zero-order chi connectivity index (χ0) is 29.9. The van der Waals surface area contributed by atoms with E-state index in [0.29, 0.717) is 0 Å². The molecule has 20 nitrogen and oxygen atoms in total. The molecule has 0 saturated carbocycles. The van der Waals surface area contributed by atoms with Crippen molar-refractivity contribution in [3.63, 3.8) is 0 Å². The Morgan fingerprint density at radius 1 is 0.378 bits per heavy atom. The molecule has 0 aliphatic rings. The normalized spacial score (nSPS) is 13.1. The third kappa shape index (κ3) is 9.68. The van der Waals surface area contributed by atoms with E-state index in [-0.39, 0.29) is 0 Å². The lowest BCUT2D eigenvalue weighted by molar-refractivity contribution is -0.137. The van der Waals surface area contributed by atoms with Gasteiger partial charge in [0.15, 0.2) is 11.6 Å². The SMILES string of the molecule is N=C(N)C(C(=N)N)C(=O)C(=O)C(C(=N)N)C(=N)N.N=C(N)C(C(=N)N)C(=O)CC(=O)C(C(=N)N)C(=N)N. The quantitative estimate of drug-likeness (QED) is 0.0414. The molecular weight excluding hydrogens is 492 g/mol. The van der Waals surface area contributed by atoms with Gasteiger partial charge in [-0.1, -0.05) is 0 Å². The van der Waals surface area contributed by atoms with E-state index in [4.69, 9.17) is 89.1 Å². The molecule has 202 valence electrons. The minimum Gasteiger partial charge on any atom is -0.387 e. The third-order valence-electron chi connectivity index (χ3n) is 4.25. The number of carbonyl (C=O) groups is 4. The molecule has 0 aromatic rings. The fourth-order valence-electron chi connectivity index (χ4n) is 2.59. The van der Waals surface area contributed by atoms with E-state index in [9.17, 15) is 19.2 Å². The van der Waals surface area contributed by atoms with Crippen LogP contribution in [0.5, 0.6) is 0 Å². The molecule has 0 saturated heterocycles. The highest BCUT2D eigenvalue weighted by molar-refractivity contribution is 6.52. The summed E-state index contributed by atoms with van der Waals surface area (Å²) in [5, 5.41) is 56.8. The van der Waals surface area contributed by atoms with Gasteiger partial charge in [-0.15, -0.1) is 0 Å². The molecule has 0 aromatic heterocycles. The van der Waals surface area contributed by atoms with Crippen molar-refractivity contribution in [1.82, 2.24) is 0 Å². The number of hydrogen-bond acceptors (Lipinski definition) is 12. The van der Waals surface area contributed by atoms with Crippen LogP contribution in [-0.4, -0.2) is 69.8 Å². The molecule has 0 radical (unpaired) electrons. The topological polar surface area (TPSA) is 467 Å². The molecule has 0 unspecified atom stereocenters. The Morgan fingerprint density at radius 2 is 0.541 bits per heavy atom. The standard InChI is InChI=1S/C9H16N8O2.C8H14N8O2/c10-6(11)4(7(12)13)2(18)1-3(19)5(8(14)15)9(16)17;9-5(10)1(6(11)12)3(17)4(18)2(7(13)14)8(15)16/h4-5H,1H2,(H3,10,11)(H3,12,13)(H3,14,15)(H3,16,17);1-2H,(H3,9,10)(H3,11,12)(H3,13,14)(H3,15,16). The first-order valence-corrected chi connectivity index (χ1v) is 9.55. The van der Waals surface area contributed by atoms with Crippen LogP contribution in [0.4, 0.5) is 0 Å². The van der Waals surface area contributed by atoms with Crippen LogP contribution in [0.2, 0.25) is 0 Å². The first-order valence-electron chi connectivity index (χ1n) is 9.55. The van der Waals surface area contributed by atoms with Gasteiger partial charge >= 0.3 is 0 Å². The Bertz CT molecular complexity index is 953. The number of nitrogens with two attached hydrogens (primary N) is 8. The van der Waals surface area contributed by atoms with Crippen LogP contribution < -0.4 is 45.9 Å². The smallest absolute Gasteiger partial charge is 0.217 e. The summed E-state index contributed by atoms with van der Waals surface area (Å²) in [6, 6.07) is 0. The van der Waals surface area contributed by atoms with Gasteiger partial charge in [0.1, 0.15) is 70.4 Å². The molecule has 0 bridgehead atoms. The molecular formula is C17H30N16O4. The lowest BCUT2D eigenvalue weighted by atomic mass is 9.90. The fraction of sp³-hybridized carbons (Fsp3) is 0.294. The van der Waals surface area contributed by atoms with Crippen molar-refractivity contribution in [1.29, 1.82) is 43.3 Å². The molecule has 0 rings (SSSR count). The number of nitrogens with one attached hydrogen (secondary N) is 8. The molecule has 0 atom stereocenters. The van der Waals surface area contributed by atoms with Gasteiger partial charge in [0.2, 0.25) is 11.6 Å². The van der Waals surface area contributed by atoms with E-state index in [2.05, 4.69) is 0 Å². The van der Waals surface area contributed by atoms with Gasteiger partial charge in [-0.2, -0.15) is 0 Å². The largest absolute Gasteiger partial charge is 0.387 e. The van der Waals surface area contributed by atoms with E-state index in [1.54, 1.807) is 0 Å². The van der Waals surface area contributed by atoms with Crippen LogP contribution in [0.1, 0.15) is 6.42 Å². The van der Waals surface area contributed by atoms with E-state index in [1.165, 1.54) is 0 Å². The Balaban J connectivity index is 0. The molecule has 24 N–H and O–H groups in total. The lowest BCUT2D eigenvalue weighted by Crippen LogP contribution is -2.49. The van der Waals surface area contributed by atoms with Crippen molar-refractivity contribution >= 4 is 69.8 Å². The van der Waals surface area contributed by atoms with Crippen LogP contribution in [0.15, 0.2) is 0 Å². The average molecular weight is 523 g/mol. The minimum atomic E-state index is -1.72. The molecule has 0 spiro atoms. The number of amidine groups is 8. The van der Waals surface area contributed by atoms with Crippen molar-refractivity contribution < 1.29 is 19.2 Å². The Morgan fingerprint density at radius 3 is 0.676 bits per heavy atom. The summed E-state index contributed by atoms with van der Waals surface area (Å²) in [6.45, 7) is 0. The van der Waals surface area contributed by atoms with Crippen LogP contribution >= 0.6 is 0 Å². The number of ketones is 4. The fourth-order valence-corrected chi connectivity index (χ4v) is 2.59. The Labute approximate surface area is 208 Å². The second-order valence-electron chi connectivity index (χ2n) is 7.21. The molecule has 0 fully saturated rings. The Kier molecular flexibility index (Phi) is 12.7. The van der Waals surface area contributed by atoms with E-state index < -0.39 is 99.9 Å². The van der Waals surface area contributed by atoms with Gasteiger partial charge in [0, 0.05) is 0 Å². The van der Waals surface area contributed by atoms with Gasteiger partial charge in [-0.3, -0.25) is 62.5 Å². The molecule has 0 aromatic carbocycles. The predicted octanol–water partition coefficient (Wildman–Crippen LogP) is -5.41. The molecule has 20 heteroatoms. The average Bonchev–Trinajstić information content (AvgIpc) is 2.65. The summed E-state index contributed by atoms with van der Waals surface area (Å²) in [6.07, 6.45) is -0.770. The van der Waals surface area contributed by atoms with Crippen LogP contribution in [0.3, 0.4) is 0 Å². The maximum atomic E-state index is 11.7. The number of rotatable bonds is 15. The first-order chi connectivity index (χ1) is 16.7.